The third-order valence-electron chi connectivity index (χ3n) is 4.55. The average Bonchev–Trinajstić information content (AvgIpc) is 2.65. The van der Waals surface area contributed by atoms with E-state index in [1.54, 1.807) is 43.4 Å². The second-order valence-electron chi connectivity index (χ2n) is 6.73. The molecule has 0 aliphatic rings. The van der Waals surface area contributed by atoms with Gasteiger partial charge in [-0.05, 0) is 30.7 Å². The van der Waals surface area contributed by atoms with Gasteiger partial charge in [-0.1, -0.05) is 30.3 Å². The van der Waals surface area contributed by atoms with Crippen molar-refractivity contribution in [3.05, 3.63) is 70.1 Å². The maximum Gasteiger partial charge on any atom is 0.274 e. The summed E-state index contributed by atoms with van der Waals surface area (Å²) in [6, 6.07) is 13.2. The quantitative estimate of drug-likeness (QED) is 0.705. The fourth-order valence-corrected chi connectivity index (χ4v) is 3.67. The number of amides is 1. The highest BCUT2D eigenvalue weighted by molar-refractivity contribution is 7.90. The van der Waals surface area contributed by atoms with Crippen LogP contribution in [0.1, 0.15) is 24.2 Å². The van der Waals surface area contributed by atoms with E-state index in [-0.39, 0.29) is 28.8 Å². The van der Waals surface area contributed by atoms with Crippen molar-refractivity contribution in [1.82, 2.24) is 15.1 Å². The number of hydrogen-bond acceptors (Lipinski definition) is 5. The summed E-state index contributed by atoms with van der Waals surface area (Å²) < 4.78 is 24.3. The number of benzene rings is 2. The Bertz CT molecular complexity index is 1200. The summed E-state index contributed by atoms with van der Waals surface area (Å²) in [6.45, 7) is 1.82. The van der Waals surface area contributed by atoms with E-state index in [0.717, 1.165) is 11.8 Å². The summed E-state index contributed by atoms with van der Waals surface area (Å²) in [5.74, 6) is -0.240. The minimum Gasteiger partial charge on any atom is -0.349 e. The lowest BCUT2D eigenvalue weighted by Crippen LogP contribution is -2.30. The third kappa shape index (κ3) is 4.12. The SMILES string of the molecule is C[C@H](NC(=O)Cc1nn(C)c(=O)c2ccccc12)c1ccc(S(C)(=O)=O)cc1. The molecule has 1 N–H and O–H groups in total. The Labute approximate surface area is 162 Å². The minimum atomic E-state index is -3.26. The van der Waals surface area contributed by atoms with E-state index in [1.165, 1.54) is 16.8 Å². The number of nitrogens with one attached hydrogen (secondary N) is 1. The molecule has 3 rings (SSSR count). The highest BCUT2D eigenvalue weighted by Crippen LogP contribution is 2.17. The molecule has 3 aromatic rings. The molecule has 0 spiro atoms. The van der Waals surface area contributed by atoms with Crippen molar-refractivity contribution in [2.24, 2.45) is 7.05 Å². The van der Waals surface area contributed by atoms with Gasteiger partial charge in [-0.25, -0.2) is 13.1 Å². The number of carbonyl (C=O) groups excluding carboxylic acids is 1. The molecule has 0 unspecified atom stereocenters. The van der Waals surface area contributed by atoms with Crippen molar-refractivity contribution < 1.29 is 13.2 Å². The molecule has 1 atom stereocenters. The molecule has 0 aliphatic carbocycles. The predicted molar refractivity (Wildman–Crippen MR) is 107 cm³/mol. The van der Waals surface area contributed by atoms with Gasteiger partial charge < -0.3 is 5.32 Å². The van der Waals surface area contributed by atoms with E-state index < -0.39 is 9.84 Å². The number of sulfone groups is 1. The smallest absolute Gasteiger partial charge is 0.274 e. The van der Waals surface area contributed by atoms with Gasteiger partial charge in [0.1, 0.15) is 0 Å². The van der Waals surface area contributed by atoms with Crippen LogP contribution in [0.4, 0.5) is 0 Å². The summed E-state index contributed by atoms with van der Waals surface area (Å²) >= 11 is 0. The van der Waals surface area contributed by atoms with Gasteiger partial charge in [0, 0.05) is 18.7 Å². The molecule has 0 saturated heterocycles. The van der Waals surface area contributed by atoms with Crippen molar-refractivity contribution in [2.75, 3.05) is 6.26 Å². The van der Waals surface area contributed by atoms with Crippen molar-refractivity contribution >= 4 is 26.5 Å². The first kappa shape index (κ1) is 19.8. The molecule has 1 heterocycles. The van der Waals surface area contributed by atoms with E-state index in [1.807, 2.05) is 6.92 Å². The monoisotopic (exact) mass is 399 g/mol. The Balaban J connectivity index is 1.78. The normalized spacial score (nSPS) is 12.7. The summed E-state index contributed by atoms with van der Waals surface area (Å²) in [5.41, 5.74) is 1.10. The largest absolute Gasteiger partial charge is 0.349 e. The van der Waals surface area contributed by atoms with E-state index in [0.29, 0.717) is 16.5 Å². The van der Waals surface area contributed by atoms with Crippen LogP contribution in [0.2, 0.25) is 0 Å². The molecule has 1 amide bonds. The fourth-order valence-electron chi connectivity index (χ4n) is 3.04. The summed E-state index contributed by atoms with van der Waals surface area (Å²) in [4.78, 5) is 24.9. The van der Waals surface area contributed by atoms with Crippen LogP contribution in [0.3, 0.4) is 0 Å². The molecule has 8 heteroatoms. The van der Waals surface area contributed by atoms with Crippen molar-refractivity contribution in [2.45, 2.75) is 24.3 Å². The zero-order valence-electron chi connectivity index (χ0n) is 15.8. The Morgan fingerprint density at radius 1 is 1.11 bits per heavy atom. The standard InChI is InChI=1S/C20H21N3O4S/c1-13(14-8-10-15(11-9-14)28(3,26)27)21-19(24)12-18-16-6-4-5-7-17(16)20(25)23(2)22-18/h4-11,13H,12H2,1-3H3,(H,21,24)/t13-/m0/s1. The molecule has 28 heavy (non-hydrogen) atoms. The Kier molecular flexibility index (Phi) is 5.33. The van der Waals surface area contributed by atoms with Crippen molar-refractivity contribution in [3.63, 3.8) is 0 Å². The van der Waals surface area contributed by atoms with Gasteiger partial charge >= 0.3 is 0 Å². The lowest BCUT2D eigenvalue weighted by atomic mass is 10.1. The third-order valence-corrected chi connectivity index (χ3v) is 5.68. The highest BCUT2D eigenvalue weighted by atomic mass is 32.2. The van der Waals surface area contributed by atoms with Crippen LogP contribution in [-0.4, -0.2) is 30.4 Å². The number of carbonyl (C=O) groups is 1. The summed E-state index contributed by atoms with van der Waals surface area (Å²) in [7, 11) is -1.70. The van der Waals surface area contributed by atoms with Crippen LogP contribution < -0.4 is 10.9 Å². The van der Waals surface area contributed by atoms with Crippen molar-refractivity contribution in [3.8, 4) is 0 Å². The molecule has 0 radical (unpaired) electrons. The van der Waals surface area contributed by atoms with Crippen LogP contribution in [0.15, 0.2) is 58.2 Å². The maximum atomic E-state index is 12.5. The zero-order chi connectivity index (χ0) is 20.5. The molecule has 7 nitrogen and oxygen atoms in total. The lowest BCUT2D eigenvalue weighted by Gasteiger charge is -2.15. The number of aryl methyl sites for hydroxylation is 1. The first-order valence-electron chi connectivity index (χ1n) is 8.71. The van der Waals surface area contributed by atoms with E-state index in [4.69, 9.17) is 0 Å². The second kappa shape index (κ2) is 7.55. The molecule has 1 aromatic heterocycles. The van der Waals surface area contributed by atoms with Gasteiger partial charge in [-0.3, -0.25) is 9.59 Å². The van der Waals surface area contributed by atoms with Crippen LogP contribution in [0, 0.1) is 0 Å². The summed E-state index contributed by atoms with van der Waals surface area (Å²) in [5, 5.41) is 8.30. The highest BCUT2D eigenvalue weighted by Gasteiger charge is 2.15. The number of nitrogens with zero attached hydrogens (tertiary/aromatic N) is 2. The second-order valence-corrected chi connectivity index (χ2v) is 8.74. The van der Waals surface area contributed by atoms with E-state index >= 15 is 0 Å². The van der Waals surface area contributed by atoms with E-state index in [9.17, 15) is 18.0 Å². The van der Waals surface area contributed by atoms with Gasteiger partial charge in [0.05, 0.1) is 28.4 Å². The van der Waals surface area contributed by atoms with E-state index in [2.05, 4.69) is 10.4 Å². The van der Waals surface area contributed by atoms with Gasteiger partial charge in [-0.2, -0.15) is 5.10 Å². The molecule has 146 valence electrons. The maximum absolute atomic E-state index is 12.5. The lowest BCUT2D eigenvalue weighted by molar-refractivity contribution is -0.121. The first-order chi connectivity index (χ1) is 13.2. The Hall–Kier alpha value is -3.00. The van der Waals surface area contributed by atoms with Crippen LogP contribution in [0.5, 0.6) is 0 Å². The Morgan fingerprint density at radius 3 is 2.32 bits per heavy atom. The van der Waals surface area contributed by atoms with Gasteiger partial charge in [-0.15, -0.1) is 0 Å². The number of aromatic nitrogens is 2. The molecular weight excluding hydrogens is 378 g/mol. The van der Waals surface area contributed by atoms with Gasteiger partial charge in [0.2, 0.25) is 5.91 Å². The molecule has 0 aliphatic heterocycles. The van der Waals surface area contributed by atoms with Crippen LogP contribution in [-0.2, 0) is 28.1 Å². The van der Waals surface area contributed by atoms with Crippen LogP contribution in [0.25, 0.3) is 10.8 Å². The molecule has 0 fully saturated rings. The molecular formula is C20H21N3O4S. The number of hydrogen-bond donors (Lipinski definition) is 1. The topological polar surface area (TPSA) is 98.1 Å². The first-order valence-corrected chi connectivity index (χ1v) is 10.6. The van der Waals surface area contributed by atoms with Gasteiger partial charge in [0.15, 0.2) is 9.84 Å². The average molecular weight is 399 g/mol. The number of rotatable bonds is 5. The fraction of sp³-hybridized carbons (Fsp3) is 0.250. The predicted octanol–water partition coefficient (Wildman–Crippen LogP) is 1.76. The molecule has 0 saturated carbocycles. The minimum absolute atomic E-state index is 0.0282. The Morgan fingerprint density at radius 2 is 1.71 bits per heavy atom. The molecule has 0 bridgehead atoms. The summed E-state index contributed by atoms with van der Waals surface area (Å²) in [6.07, 6.45) is 1.18. The van der Waals surface area contributed by atoms with Crippen LogP contribution >= 0.6 is 0 Å². The number of fused-ring (bicyclic) bond motifs is 1. The van der Waals surface area contributed by atoms with Crippen molar-refractivity contribution in [1.29, 1.82) is 0 Å². The van der Waals surface area contributed by atoms with Gasteiger partial charge in [0.25, 0.3) is 5.56 Å². The zero-order valence-corrected chi connectivity index (χ0v) is 16.7. The molecule has 2 aromatic carbocycles.